The van der Waals surface area contributed by atoms with Gasteiger partial charge in [-0.1, -0.05) is 11.6 Å². The molecule has 0 unspecified atom stereocenters. The van der Waals surface area contributed by atoms with Crippen LogP contribution in [0, 0.1) is 17.1 Å². The first-order valence-corrected chi connectivity index (χ1v) is 12.3. The van der Waals surface area contributed by atoms with Gasteiger partial charge >= 0.3 is 0 Å². The van der Waals surface area contributed by atoms with Crippen molar-refractivity contribution in [2.75, 3.05) is 11.9 Å². The number of carbonyl (C=O) groups is 1. The van der Waals surface area contributed by atoms with Crippen molar-refractivity contribution in [1.29, 1.82) is 5.26 Å². The van der Waals surface area contributed by atoms with E-state index in [2.05, 4.69) is 21.2 Å². The Bertz CT molecular complexity index is 1480. The smallest absolute Gasteiger partial charge is 0.264 e. The van der Waals surface area contributed by atoms with Crippen LogP contribution in [-0.2, 0) is 14.8 Å². The molecule has 0 aliphatic carbocycles. The normalized spacial score (nSPS) is 11.2. The van der Waals surface area contributed by atoms with Gasteiger partial charge in [-0.25, -0.2) is 22.3 Å². The number of rotatable bonds is 8. The SMILES string of the molecule is N#Cc1cc(Oc2c(Br)ccc(OCC(=O)Nc3ccc(S(N)(=O)=O)cc3Cl)c2F)cc(C(F)F)c1. The highest BCUT2D eigenvalue weighted by Gasteiger charge is 2.19. The zero-order valence-electron chi connectivity index (χ0n) is 17.8. The van der Waals surface area contributed by atoms with Crippen molar-refractivity contribution in [1.82, 2.24) is 0 Å². The van der Waals surface area contributed by atoms with E-state index in [-0.39, 0.29) is 31.4 Å². The first-order chi connectivity index (χ1) is 16.9. The number of primary sulfonamides is 1. The molecule has 0 saturated heterocycles. The third kappa shape index (κ3) is 6.67. The van der Waals surface area contributed by atoms with Crippen molar-refractivity contribution in [3.05, 3.63) is 75.0 Å². The predicted octanol–water partition coefficient (Wildman–Crippen LogP) is 5.51. The van der Waals surface area contributed by atoms with Gasteiger partial charge in [-0.3, -0.25) is 4.79 Å². The summed E-state index contributed by atoms with van der Waals surface area (Å²) in [6, 6.07) is 10.8. The fourth-order valence-electron chi connectivity index (χ4n) is 2.81. The van der Waals surface area contributed by atoms with E-state index >= 15 is 4.39 Å². The Balaban J connectivity index is 1.75. The van der Waals surface area contributed by atoms with E-state index in [4.69, 9.17) is 31.5 Å². The van der Waals surface area contributed by atoms with Crippen LogP contribution in [0.4, 0.5) is 18.9 Å². The largest absolute Gasteiger partial charge is 0.481 e. The summed E-state index contributed by atoms with van der Waals surface area (Å²) in [7, 11) is -3.99. The van der Waals surface area contributed by atoms with Gasteiger partial charge in [-0.2, -0.15) is 9.65 Å². The van der Waals surface area contributed by atoms with Crippen LogP contribution in [0.3, 0.4) is 0 Å². The van der Waals surface area contributed by atoms with E-state index in [0.717, 1.165) is 30.3 Å². The maximum atomic E-state index is 15.0. The molecule has 14 heteroatoms. The molecular weight excluding hydrogens is 591 g/mol. The average molecular weight is 605 g/mol. The summed E-state index contributed by atoms with van der Waals surface area (Å²) < 4.78 is 74.7. The van der Waals surface area contributed by atoms with Gasteiger partial charge in [0.15, 0.2) is 18.1 Å². The molecule has 3 rings (SSSR count). The van der Waals surface area contributed by atoms with Gasteiger partial charge in [0.2, 0.25) is 15.8 Å². The molecule has 0 spiro atoms. The van der Waals surface area contributed by atoms with Crippen LogP contribution in [0.15, 0.2) is 57.9 Å². The first kappa shape index (κ1) is 27.3. The highest BCUT2D eigenvalue weighted by Crippen LogP contribution is 2.38. The standard InChI is InChI=1S/C22H14BrClF3N3O5S/c23-15-2-4-18(20(25)21(15)35-13-6-11(9-28)5-12(7-13)22(26)27)34-10-19(31)30-17-3-1-14(8-16(17)24)36(29,32)33/h1-8,22H,10H2,(H,30,31)(H2,29,32,33). The Labute approximate surface area is 216 Å². The molecule has 8 nitrogen and oxygen atoms in total. The number of alkyl halides is 2. The molecule has 0 atom stereocenters. The lowest BCUT2D eigenvalue weighted by Crippen LogP contribution is -2.21. The number of ether oxygens (including phenoxy) is 2. The van der Waals surface area contributed by atoms with Crippen LogP contribution < -0.4 is 19.9 Å². The van der Waals surface area contributed by atoms with Crippen molar-refractivity contribution in [2.24, 2.45) is 5.14 Å². The van der Waals surface area contributed by atoms with Crippen LogP contribution in [-0.4, -0.2) is 20.9 Å². The van der Waals surface area contributed by atoms with Crippen LogP contribution in [0.5, 0.6) is 17.2 Å². The molecule has 0 saturated carbocycles. The van der Waals surface area contributed by atoms with Gasteiger partial charge in [0, 0.05) is 5.56 Å². The van der Waals surface area contributed by atoms with Gasteiger partial charge in [-0.05, 0) is 64.5 Å². The molecule has 0 aromatic heterocycles. The lowest BCUT2D eigenvalue weighted by molar-refractivity contribution is -0.118. The number of anilines is 1. The molecule has 0 fully saturated rings. The maximum Gasteiger partial charge on any atom is 0.264 e. The monoisotopic (exact) mass is 603 g/mol. The number of benzene rings is 3. The summed E-state index contributed by atoms with van der Waals surface area (Å²) in [4.78, 5) is 12.0. The lowest BCUT2D eigenvalue weighted by atomic mass is 10.1. The van der Waals surface area contributed by atoms with Gasteiger partial charge < -0.3 is 14.8 Å². The lowest BCUT2D eigenvalue weighted by Gasteiger charge is -2.14. The van der Waals surface area contributed by atoms with E-state index in [1.54, 1.807) is 6.07 Å². The number of nitrogens with two attached hydrogens (primary N) is 1. The van der Waals surface area contributed by atoms with E-state index < -0.39 is 51.8 Å². The highest BCUT2D eigenvalue weighted by molar-refractivity contribution is 9.10. The third-order valence-electron chi connectivity index (χ3n) is 4.45. The quantitative estimate of drug-likeness (QED) is 0.349. The fourth-order valence-corrected chi connectivity index (χ4v) is 4.03. The molecule has 3 aromatic rings. The van der Waals surface area contributed by atoms with E-state index in [1.165, 1.54) is 18.2 Å². The van der Waals surface area contributed by atoms with E-state index in [0.29, 0.717) is 0 Å². The molecule has 188 valence electrons. The highest BCUT2D eigenvalue weighted by atomic mass is 79.9. The molecule has 36 heavy (non-hydrogen) atoms. The molecule has 0 heterocycles. The number of amides is 1. The number of sulfonamides is 1. The molecule has 3 aromatic carbocycles. The van der Waals surface area contributed by atoms with E-state index in [1.807, 2.05) is 0 Å². The average Bonchev–Trinajstić information content (AvgIpc) is 2.81. The minimum atomic E-state index is -3.99. The summed E-state index contributed by atoms with van der Waals surface area (Å²) in [6.45, 7) is -0.676. The van der Waals surface area contributed by atoms with Crippen molar-refractivity contribution in [3.8, 4) is 23.3 Å². The summed E-state index contributed by atoms with van der Waals surface area (Å²) in [6.07, 6.45) is -2.88. The summed E-state index contributed by atoms with van der Waals surface area (Å²) in [5, 5.41) is 16.3. The van der Waals surface area contributed by atoms with Crippen molar-refractivity contribution >= 4 is 49.1 Å². The number of carbonyl (C=O) groups excluding carboxylic acids is 1. The molecule has 0 aliphatic rings. The molecule has 3 N–H and O–H groups in total. The molecule has 0 radical (unpaired) electrons. The van der Waals surface area contributed by atoms with Gasteiger partial charge in [-0.15, -0.1) is 0 Å². The Morgan fingerprint density at radius 2 is 1.92 bits per heavy atom. The van der Waals surface area contributed by atoms with Gasteiger partial charge in [0.25, 0.3) is 12.3 Å². The Hall–Kier alpha value is -3.31. The number of hydrogen-bond acceptors (Lipinski definition) is 6. The van der Waals surface area contributed by atoms with Crippen LogP contribution in [0.2, 0.25) is 5.02 Å². The zero-order valence-corrected chi connectivity index (χ0v) is 20.9. The Kier molecular flexibility index (Phi) is 8.47. The van der Waals surface area contributed by atoms with Crippen molar-refractivity contribution < 1.29 is 35.9 Å². The summed E-state index contributed by atoms with van der Waals surface area (Å²) in [5.74, 6) is -2.84. The van der Waals surface area contributed by atoms with Crippen molar-refractivity contribution in [2.45, 2.75) is 11.3 Å². The van der Waals surface area contributed by atoms with Crippen molar-refractivity contribution in [3.63, 3.8) is 0 Å². The predicted molar refractivity (Wildman–Crippen MR) is 127 cm³/mol. The molecule has 0 bridgehead atoms. The summed E-state index contributed by atoms with van der Waals surface area (Å²) in [5.41, 5.74) is -0.537. The second-order valence-corrected chi connectivity index (χ2v) is 9.84. The minimum Gasteiger partial charge on any atom is -0.481 e. The zero-order chi connectivity index (χ0) is 26.6. The van der Waals surface area contributed by atoms with Crippen LogP contribution >= 0.6 is 27.5 Å². The number of nitrogens with one attached hydrogen (secondary N) is 1. The van der Waals surface area contributed by atoms with Gasteiger partial charge in [0.1, 0.15) is 5.75 Å². The molecule has 1 amide bonds. The number of nitrogens with zero attached hydrogens (tertiary/aromatic N) is 1. The van der Waals surface area contributed by atoms with Crippen LogP contribution in [0.1, 0.15) is 17.6 Å². The second kappa shape index (κ2) is 11.2. The van der Waals surface area contributed by atoms with Crippen LogP contribution in [0.25, 0.3) is 0 Å². The maximum absolute atomic E-state index is 15.0. The first-order valence-electron chi connectivity index (χ1n) is 9.63. The van der Waals surface area contributed by atoms with E-state index in [9.17, 15) is 22.0 Å². The number of nitriles is 1. The number of hydrogen-bond donors (Lipinski definition) is 2. The topological polar surface area (TPSA) is 132 Å². The fraction of sp³-hybridized carbons (Fsp3) is 0.0909. The molecular formula is C22H14BrClF3N3O5S. The van der Waals surface area contributed by atoms with Gasteiger partial charge in [0.05, 0.1) is 31.7 Å². The molecule has 0 aliphatic heterocycles. The number of halogens is 5. The Morgan fingerprint density at radius 3 is 2.53 bits per heavy atom. The minimum absolute atomic E-state index is 0.0603. The summed E-state index contributed by atoms with van der Waals surface area (Å²) >= 11 is 9.06. The second-order valence-electron chi connectivity index (χ2n) is 7.02. The Morgan fingerprint density at radius 1 is 1.19 bits per heavy atom. The third-order valence-corrected chi connectivity index (χ3v) is 6.29.